The molecule has 0 unspecified atom stereocenters. The first-order valence-electron chi connectivity index (χ1n) is 4.61. The fourth-order valence-electron chi connectivity index (χ4n) is 1.20. The van der Waals surface area contributed by atoms with Gasteiger partial charge in [0.1, 0.15) is 0 Å². The molecule has 2 rings (SSSR count). The molecular formula is C10H10BrN3O2S. The van der Waals surface area contributed by atoms with Crippen LogP contribution < -0.4 is 0 Å². The summed E-state index contributed by atoms with van der Waals surface area (Å²) in [4.78, 5) is 17.1. The summed E-state index contributed by atoms with van der Waals surface area (Å²) in [6, 6.07) is 6.54. The molecule has 0 saturated heterocycles. The van der Waals surface area contributed by atoms with Crippen LogP contribution in [0.15, 0.2) is 41.8 Å². The van der Waals surface area contributed by atoms with Crippen LogP contribution in [-0.2, 0) is 5.75 Å². The minimum Gasteiger partial charge on any atom is -0.340 e. The highest BCUT2D eigenvalue weighted by molar-refractivity contribution is 8.93. The van der Waals surface area contributed by atoms with E-state index in [0.29, 0.717) is 0 Å². The van der Waals surface area contributed by atoms with Crippen LogP contribution in [0.3, 0.4) is 0 Å². The zero-order valence-corrected chi connectivity index (χ0v) is 11.2. The molecule has 1 aromatic carbocycles. The number of imidazole rings is 1. The van der Waals surface area contributed by atoms with Gasteiger partial charge in [0.15, 0.2) is 5.16 Å². The van der Waals surface area contributed by atoms with E-state index < -0.39 is 4.92 Å². The van der Waals surface area contributed by atoms with Crippen molar-refractivity contribution in [1.82, 2.24) is 9.97 Å². The molecular weight excluding hydrogens is 306 g/mol. The molecule has 0 aliphatic rings. The highest BCUT2D eigenvalue weighted by Gasteiger charge is 2.04. The van der Waals surface area contributed by atoms with Crippen LogP contribution in [0.4, 0.5) is 5.69 Å². The van der Waals surface area contributed by atoms with Crippen molar-refractivity contribution in [1.29, 1.82) is 0 Å². The number of hydrogen-bond donors (Lipinski definition) is 1. The van der Waals surface area contributed by atoms with Gasteiger partial charge >= 0.3 is 0 Å². The minimum atomic E-state index is -0.399. The molecule has 1 heterocycles. The third-order valence-electron chi connectivity index (χ3n) is 2.00. The Morgan fingerprint density at radius 1 is 1.35 bits per heavy atom. The molecule has 17 heavy (non-hydrogen) atoms. The van der Waals surface area contributed by atoms with E-state index in [1.807, 2.05) is 0 Å². The standard InChI is InChI=1S/C10H9N3O2S.BrH/c14-13(15)9-3-1-8(2-4-9)7-16-10-11-5-6-12-10;/h1-6H,7H2,(H,11,12);1H. The first-order chi connectivity index (χ1) is 7.75. The molecule has 0 saturated carbocycles. The number of non-ortho nitro benzene ring substituents is 1. The molecule has 1 N–H and O–H groups in total. The molecule has 0 aliphatic carbocycles. The minimum absolute atomic E-state index is 0. The number of thioether (sulfide) groups is 1. The van der Waals surface area contributed by atoms with Crippen molar-refractivity contribution >= 4 is 34.4 Å². The highest BCUT2D eigenvalue weighted by Crippen LogP contribution is 2.20. The van der Waals surface area contributed by atoms with E-state index >= 15 is 0 Å². The number of rotatable bonds is 4. The third-order valence-corrected chi connectivity index (χ3v) is 2.97. The monoisotopic (exact) mass is 315 g/mol. The van der Waals surface area contributed by atoms with Crippen molar-refractivity contribution in [2.45, 2.75) is 10.9 Å². The largest absolute Gasteiger partial charge is 0.340 e. The molecule has 0 amide bonds. The van der Waals surface area contributed by atoms with Gasteiger partial charge in [0.05, 0.1) is 4.92 Å². The molecule has 5 nitrogen and oxygen atoms in total. The maximum atomic E-state index is 10.4. The van der Waals surface area contributed by atoms with Crippen LogP contribution in [0.5, 0.6) is 0 Å². The second-order valence-electron chi connectivity index (χ2n) is 3.11. The van der Waals surface area contributed by atoms with Crippen LogP contribution in [0.25, 0.3) is 0 Å². The quantitative estimate of drug-likeness (QED) is 0.534. The van der Waals surface area contributed by atoms with Gasteiger partial charge in [-0.15, -0.1) is 17.0 Å². The molecule has 0 spiro atoms. The summed E-state index contributed by atoms with van der Waals surface area (Å²) in [5.41, 5.74) is 1.15. The number of H-pyrrole nitrogens is 1. The van der Waals surface area contributed by atoms with E-state index in [1.54, 1.807) is 36.3 Å². The van der Waals surface area contributed by atoms with Gasteiger partial charge in [0.2, 0.25) is 0 Å². The zero-order valence-electron chi connectivity index (χ0n) is 8.70. The molecule has 0 fully saturated rings. The number of nitro groups is 1. The summed E-state index contributed by atoms with van der Waals surface area (Å²) in [5.74, 6) is 0.742. The number of aromatic nitrogens is 2. The Labute approximate surface area is 113 Å². The average molecular weight is 316 g/mol. The van der Waals surface area contributed by atoms with Gasteiger partial charge in [-0.1, -0.05) is 23.9 Å². The number of nitrogens with one attached hydrogen (secondary N) is 1. The lowest BCUT2D eigenvalue weighted by molar-refractivity contribution is -0.384. The van der Waals surface area contributed by atoms with E-state index in [1.165, 1.54) is 12.1 Å². The summed E-state index contributed by atoms with van der Waals surface area (Å²) in [5, 5.41) is 11.3. The number of benzene rings is 1. The van der Waals surface area contributed by atoms with Gasteiger partial charge in [-0.3, -0.25) is 10.1 Å². The van der Waals surface area contributed by atoms with Gasteiger partial charge in [-0.05, 0) is 5.56 Å². The Hall–Kier alpha value is -1.34. The van der Waals surface area contributed by atoms with Gasteiger partial charge in [-0.2, -0.15) is 0 Å². The number of hydrogen-bond acceptors (Lipinski definition) is 4. The Morgan fingerprint density at radius 3 is 2.59 bits per heavy atom. The van der Waals surface area contributed by atoms with Crippen LogP contribution in [0, 0.1) is 10.1 Å². The second kappa shape index (κ2) is 6.41. The van der Waals surface area contributed by atoms with E-state index in [0.717, 1.165) is 16.5 Å². The van der Waals surface area contributed by atoms with Gasteiger partial charge in [-0.25, -0.2) is 4.98 Å². The smallest absolute Gasteiger partial charge is 0.269 e. The first-order valence-corrected chi connectivity index (χ1v) is 5.60. The van der Waals surface area contributed by atoms with E-state index in [9.17, 15) is 10.1 Å². The number of aromatic amines is 1. The van der Waals surface area contributed by atoms with Crippen LogP contribution in [0.1, 0.15) is 5.56 Å². The Bertz CT molecular complexity index is 473. The van der Waals surface area contributed by atoms with Gasteiger partial charge < -0.3 is 4.98 Å². The van der Waals surface area contributed by atoms with Crippen LogP contribution in [-0.4, -0.2) is 14.9 Å². The van der Waals surface area contributed by atoms with Crippen molar-refractivity contribution in [3.63, 3.8) is 0 Å². The second-order valence-corrected chi connectivity index (χ2v) is 4.07. The fraction of sp³-hybridized carbons (Fsp3) is 0.100. The normalized spacial score (nSPS) is 9.65. The molecule has 7 heteroatoms. The predicted molar refractivity (Wildman–Crippen MR) is 71.6 cm³/mol. The summed E-state index contributed by atoms with van der Waals surface area (Å²) in [6.07, 6.45) is 3.45. The lowest BCUT2D eigenvalue weighted by Gasteiger charge is -1.98. The Kier molecular flexibility index (Phi) is 5.17. The van der Waals surface area contributed by atoms with E-state index in [-0.39, 0.29) is 22.7 Å². The molecule has 0 radical (unpaired) electrons. The maximum Gasteiger partial charge on any atom is 0.269 e. The van der Waals surface area contributed by atoms with Crippen molar-refractivity contribution < 1.29 is 4.92 Å². The molecule has 0 aliphatic heterocycles. The van der Waals surface area contributed by atoms with Crippen LogP contribution >= 0.6 is 28.7 Å². The maximum absolute atomic E-state index is 10.4. The SMILES string of the molecule is Br.O=[N+]([O-])c1ccc(CSc2ncc[nH]2)cc1. The highest BCUT2D eigenvalue weighted by atomic mass is 79.9. The topological polar surface area (TPSA) is 71.8 Å². The average Bonchev–Trinajstić information content (AvgIpc) is 2.80. The van der Waals surface area contributed by atoms with Gasteiger partial charge in [0, 0.05) is 30.3 Å². The molecule has 90 valence electrons. The lowest BCUT2D eigenvalue weighted by atomic mass is 10.2. The molecule has 1 aromatic heterocycles. The Morgan fingerprint density at radius 2 is 2.06 bits per heavy atom. The molecule has 0 atom stereocenters. The zero-order chi connectivity index (χ0) is 11.4. The van der Waals surface area contributed by atoms with Crippen molar-refractivity contribution in [2.75, 3.05) is 0 Å². The van der Waals surface area contributed by atoms with E-state index in [2.05, 4.69) is 9.97 Å². The summed E-state index contributed by atoms with van der Waals surface area (Å²) < 4.78 is 0. The Balaban J connectivity index is 0.00000144. The lowest BCUT2D eigenvalue weighted by Crippen LogP contribution is -1.88. The first kappa shape index (κ1) is 13.7. The number of nitro benzene ring substituents is 1. The predicted octanol–water partition coefficient (Wildman–Crippen LogP) is 3.19. The van der Waals surface area contributed by atoms with Crippen molar-refractivity contribution in [3.05, 3.63) is 52.3 Å². The fourth-order valence-corrected chi connectivity index (χ4v) is 1.98. The van der Waals surface area contributed by atoms with Crippen molar-refractivity contribution in [2.24, 2.45) is 0 Å². The summed E-state index contributed by atoms with van der Waals surface area (Å²) >= 11 is 1.56. The third kappa shape index (κ3) is 3.86. The van der Waals surface area contributed by atoms with Gasteiger partial charge in [0.25, 0.3) is 5.69 Å². The molecule has 2 aromatic rings. The van der Waals surface area contributed by atoms with E-state index in [4.69, 9.17) is 0 Å². The van der Waals surface area contributed by atoms with Crippen LogP contribution in [0.2, 0.25) is 0 Å². The number of nitrogens with zero attached hydrogens (tertiary/aromatic N) is 2. The summed E-state index contributed by atoms with van der Waals surface area (Å²) in [6.45, 7) is 0. The van der Waals surface area contributed by atoms with Crippen molar-refractivity contribution in [3.8, 4) is 0 Å². The summed E-state index contributed by atoms with van der Waals surface area (Å²) in [7, 11) is 0. The number of halogens is 1. The molecule has 0 bridgehead atoms.